The number of amides is 2. The van der Waals surface area contributed by atoms with E-state index in [1.165, 1.54) is 6.07 Å². The van der Waals surface area contributed by atoms with Gasteiger partial charge in [-0.15, -0.1) is 11.3 Å². The molecule has 2 aromatic rings. The second kappa shape index (κ2) is 5.72. The molecule has 2 rings (SSSR count). The number of halogens is 1. The summed E-state index contributed by atoms with van der Waals surface area (Å²) in [5, 5.41) is 2.44. The third kappa shape index (κ3) is 3.79. The number of thiophene rings is 1. The number of anilines is 1. The highest BCUT2D eigenvalue weighted by molar-refractivity contribution is 9.11. The molecule has 0 bridgehead atoms. The number of carbonyl (C=O) groups is 1. The topological polar surface area (TPSA) is 75.3 Å². The zero-order valence-corrected chi connectivity index (χ0v) is 12.7. The summed E-state index contributed by atoms with van der Waals surface area (Å²) in [5.74, 6) is 0. The number of sulfonamides is 1. The summed E-state index contributed by atoms with van der Waals surface area (Å²) in [5.41, 5.74) is 0.516. The lowest BCUT2D eigenvalue weighted by Gasteiger charge is -2.06. The second-order valence-electron chi connectivity index (χ2n) is 3.48. The maximum atomic E-state index is 11.9. The minimum absolute atomic E-state index is 0.0718. The molecule has 2 N–H and O–H groups in total. The van der Waals surface area contributed by atoms with Gasteiger partial charge in [0.1, 0.15) is 4.21 Å². The fourth-order valence-electron chi connectivity index (χ4n) is 1.29. The molecule has 1 heterocycles. The molecule has 0 radical (unpaired) electrons. The molecular formula is C11H9BrN2O3S2. The number of carbonyl (C=O) groups excluding carboxylic acids is 1. The molecule has 0 saturated heterocycles. The van der Waals surface area contributed by atoms with Crippen LogP contribution in [0.3, 0.4) is 0 Å². The molecule has 2 amide bonds. The summed E-state index contributed by atoms with van der Waals surface area (Å²) in [6.07, 6.45) is 0. The van der Waals surface area contributed by atoms with Gasteiger partial charge in [0.25, 0.3) is 10.0 Å². The number of para-hydroxylation sites is 1. The van der Waals surface area contributed by atoms with Crippen molar-refractivity contribution >= 4 is 49.0 Å². The fourth-order valence-corrected chi connectivity index (χ4v) is 4.21. The van der Waals surface area contributed by atoms with Gasteiger partial charge < -0.3 is 5.32 Å². The molecule has 0 aliphatic heterocycles. The van der Waals surface area contributed by atoms with E-state index in [4.69, 9.17) is 0 Å². The highest BCUT2D eigenvalue weighted by Gasteiger charge is 2.19. The number of hydrogen-bond acceptors (Lipinski definition) is 4. The van der Waals surface area contributed by atoms with E-state index < -0.39 is 16.1 Å². The summed E-state index contributed by atoms with van der Waals surface area (Å²) >= 11 is 4.20. The first-order valence-electron chi connectivity index (χ1n) is 5.11. The van der Waals surface area contributed by atoms with E-state index in [9.17, 15) is 13.2 Å². The van der Waals surface area contributed by atoms with Crippen molar-refractivity contribution in [2.24, 2.45) is 0 Å². The molecule has 1 aromatic carbocycles. The van der Waals surface area contributed by atoms with E-state index in [0.29, 0.717) is 9.47 Å². The smallest absolute Gasteiger partial charge is 0.307 e. The Morgan fingerprint density at radius 2 is 1.79 bits per heavy atom. The van der Waals surface area contributed by atoms with Gasteiger partial charge in [0.05, 0.1) is 3.79 Å². The summed E-state index contributed by atoms with van der Waals surface area (Å²) in [4.78, 5) is 11.6. The van der Waals surface area contributed by atoms with Crippen molar-refractivity contribution < 1.29 is 13.2 Å². The highest BCUT2D eigenvalue weighted by Crippen LogP contribution is 2.25. The number of hydrogen-bond donors (Lipinski definition) is 2. The Morgan fingerprint density at radius 1 is 1.11 bits per heavy atom. The largest absolute Gasteiger partial charge is 0.333 e. The van der Waals surface area contributed by atoms with Gasteiger partial charge >= 0.3 is 6.03 Å². The maximum absolute atomic E-state index is 11.9. The molecule has 0 saturated carbocycles. The number of rotatable bonds is 3. The lowest BCUT2D eigenvalue weighted by atomic mass is 10.3. The zero-order chi connectivity index (χ0) is 13.9. The van der Waals surface area contributed by atoms with Crippen molar-refractivity contribution in [2.75, 3.05) is 5.32 Å². The van der Waals surface area contributed by atoms with Crippen LogP contribution in [0.4, 0.5) is 10.5 Å². The number of nitrogens with one attached hydrogen (secondary N) is 2. The van der Waals surface area contributed by atoms with E-state index in [1.807, 2.05) is 4.72 Å². The van der Waals surface area contributed by atoms with Crippen LogP contribution in [-0.2, 0) is 10.0 Å². The number of urea groups is 1. The minimum Gasteiger partial charge on any atom is -0.307 e. The lowest BCUT2D eigenvalue weighted by molar-refractivity contribution is 0.256. The normalized spacial score (nSPS) is 11.0. The molecule has 0 unspecified atom stereocenters. The lowest BCUT2D eigenvalue weighted by Crippen LogP contribution is -2.33. The molecule has 8 heteroatoms. The van der Waals surface area contributed by atoms with Crippen molar-refractivity contribution in [2.45, 2.75) is 4.21 Å². The van der Waals surface area contributed by atoms with Crippen LogP contribution in [0, 0.1) is 0 Å². The Balaban J connectivity index is 2.07. The average molecular weight is 361 g/mol. The van der Waals surface area contributed by atoms with Crippen LogP contribution in [0.25, 0.3) is 0 Å². The van der Waals surface area contributed by atoms with E-state index in [2.05, 4.69) is 21.2 Å². The predicted octanol–water partition coefficient (Wildman–Crippen LogP) is 3.02. The van der Waals surface area contributed by atoms with E-state index in [1.54, 1.807) is 36.4 Å². The summed E-state index contributed by atoms with van der Waals surface area (Å²) in [6, 6.07) is 10.8. The van der Waals surface area contributed by atoms with Crippen molar-refractivity contribution in [3.63, 3.8) is 0 Å². The van der Waals surface area contributed by atoms with Crippen molar-refractivity contribution in [1.82, 2.24) is 4.72 Å². The summed E-state index contributed by atoms with van der Waals surface area (Å²) in [7, 11) is -3.83. The van der Waals surface area contributed by atoms with Crippen molar-refractivity contribution in [1.29, 1.82) is 0 Å². The molecular weight excluding hydrogens is 352 g/mol. The number of benzene rings is 1. The molecule has 5 nitrogen and oxygen atoms in total. The molecule has 100 valence electrons. The SMILES string of the molecule is O=C(Nc1ccccc1)NS(=O)(=O)c1ccc(Br)s1. The molecule has 0 spiro atoms. The Bertz CT molecular complexity index is 683. The van der Waals surface area contributed by atoms with Crippen LogP contribution in [0.15, 0.2) is 50.5 Å². The predicted molar refractivity (Wildman–Crippen MR) is 77.8 cm³/mol. The summed E-state index contributed by atoms with van der Waals surface area (Å²) < 4.78 is 26.4. The molecule has 1 aromatic heterocycles. The maximum Gasteiger partial charge on any atom is 0.333 e. The van der Waals surface area contributed by atoms with Gasteiger partial charge in [-0.05, 0) is 40.2 Å². The van der Waals surface area contributed by atoms with Gasteiger partial charge in [-0.1, -0.05) is 18.2 Å². The van der Waals surface area contributed by atoms with Crippen LogP contribution in [0.1, 0.15) is 0 Å². The second-order valence-corrected chi connectivity index (χ2v) is 7.86. The van der Waals surface area contributed by atoms with Crippen LogP contribution < -0.4 is 10.0 Å². The first-order chi connectivity index (χ1) is 8.97. The van der Waals surface area contributed by atoms with Crippen LogP contribution in [0.2, 0.25) is 0 Å². The first-order valence-corrected chi connectivity index (χ1v) is 8.21. The summed E-state index contributed by atoms with van der Waals surface area (Å²) in [6.45, 7) is 0. The van der Waals surface area contributed by atoms with Crippen LogP contribution in [-0.4, -0.2) is 14.4 Å². The monoisotopic (exact) mass is 360 g/mol. The molecule has 0 aliphatic rings. The average Bonchev–Trinajstić information content (AvgIpc) is 2.77. The van der Waals surface area contributed by atoms with Gasteiger partial charge in [-0.2, -0.15) is 0 Å². The van der Waals surface area contributed by atoms with E-state index >= 15 is 0 Å². The zero-order valence-electron chi connectivity index (χ0n) is 9.46. The molecule has 0 aliphatic carbocycles. The minimum atomic E-state index is -3.83. The quantitative estimate of drug-likeness (QED) is 0.883. The van der Waals surface area contributed by atoms with E-state index in [-0.39, 0.29) is 4.21 Å². The standard InChI is InChI=1S/C11H9BrN2O3S2/c12-9-6-7-10(18-9)19(16,17)14-11(15)13-8-4-2-1-3-5-8/h1-7H,(H2,13,14,15). The third-order valence-corrected chi connectivity index (χ3v) is 5.52. The molecule has 0 fully saturated rings. The fraction of sp³-hybridized carbons (Fsp3) is 0. The van der Waals surface area contributed by atoms with Gasteiger partial charge in [0.2, 0.25) is 0 Å². The molecule has 19 heavy (non-hydrogen) atoms. The van der Waals surface area contributed by atoms with Gasteiger partial charge in [-0.3, -0.25) is 0 Å². The third-order valence-electron chi connectivity index (χ3n) is 2.07. The Kier molecular flexibility index (Phi) is 4.23. The first kappa shape index (κ1) is 14.0. The highest BCUT2D eigenvalue weighted by atomic mass is 79.9. The van der Waals surface area contributed by atoms with E-state index in [0.717, 1.165) is 11.3 Å². The Hall–Kier alpha value is -1.38. The molecule has 0 atom stereocenters. The van der Waals surface area contributed by atoms with Gasteiger partial charge in [0, 0.05) is 5.69 Å². The van der Waals surface area contributed by atoms with Crippen LogP contribution >= 0.6 is 27.3 Å². The van der Waals surface area contributed by atoms with Gasteiger partial charge in [0.15, 0.2) is 0 Å². The van der Waals surface area contributed by atoms with Crippen molar-refractivity contribution in [3.05, 3.63) is 46.3 Å². The Morgan fingerprint density at radius 3 is 2.37 bits per heavy atom. The van der Waals surface area contributed by atoms with Crippen LogP contribution in [0.5, 0.6) is 0 Å². The van der Waals surface area contributed by atoms with Gasteiger partial charge in [-0.25, -0.2) is 17.9 Å². The Labute approximate surface area is 122 Å². The van der Waals surface area contributed by atoms with Crippen molar-refractivity contribution in [3.8, 4) is 0 Å².